The molecule has 0 bridgehead atoms. The maximum atomic E-state index is 3.99. The van der Waals surface area contributed by atoms with E-state index in [0.29, 0.717) is 0 Å². The largest absolute Gasteiger partial charge is 0.367 e. The smallest absolute Gasteiger partial charge is 0.111 e. The predicted octanol–water partition coefficient (Wildman–Crippen LogP) is 1.60. The summed E-state index contributed by atoms with van der Waals surface area (Å²) in [6.45, 7) is 0. The first kappa shape index (κ1) is 8.59. The second kappa shape index (κ2) is 4.38. The molecule has 0 fully saturated rings. The van der Waals surface area contributed by atoms with E-state index in [1.807, 2.05) is 49.3 Å². The number of hydrogen-bond acceptors (Lipinski definition) is 2. The molecular weight excluding hydrogens is 150 g/mol. The van der Waals surface area contributed by atoms with E-state index in [2.05, 4.69) is 10.5 Å². The number of hydrazone groups is 1. The second-order valence-corrected chi connectivity index (χ2v) is 2.69. The molecule has 3 heteroatoms. The van der Waals surface area contributed by atoms with Crippen molar-refractivity contribution < 1.29 is 0 Å². The number of benzene rings is 1. The molecule has 12 heavy (non-hydrogen) atoms. The Morgan fingerprint density at radius 3 is 2.50 bits per heavy atom. The summed E-state index contributed by atoms with van der Waals surface area (Å²) in [5.74, 6) is 0. The van der Waals surface area contributed by atoms with Crippen LogP contribution in [0, 0.1) is 0 Å². The van der Waals surface area contributed by atoms with Crippen molar-refractivity contribution in [3.63, 3.8) is 0 Å². The molecule has 0 aromatic heterocycles. The van der Waals surface area contributed by atoms with Crippen LogP contribution in [0.5, 0.6) is 0 Å². The zero-order valence-corrected chi connectivity index (χ0v) is 7.36. The average Bonchev–Trinajstić information content (AvgIpc) is 2.05. The Kier molecular flexibility index (Phi) is 3.14. The fourth-order valence-corrected chi connectivity index (χ4v) is 0.732. The van der Waals surface area contributed by atoms with Crippen molar-refractivity contribution in [3.05, 3.63) is 30.3 Å². The SMILES string of the molecule is CN(C)C=NNc1ccccc1. The summed E-state index contributed by atoms with van der Waals surface area (Å²) in [6, 6.07) is 9.84. The number of hydrogen-bond donors (Lipinski definition) is 1. The van der Waals surface area contributed by atoms with Gasteiger partial charge in [0.05, 0.1) is 5.69 Å². The third kappa shape index (κ3) is 3.05. The molecule has 1 N–H and O–H groups in total. The quantitative estimate of drug-likeness (QED) is 0.416. The summed E-state index contributed by atoms with van der Waals surface area (Å²) in [7, 11) is 3.85. The van der Waals surface area contributed by atoms with Crippen LogP contribution in [0.3, 0.4) is 0 Å². The summed E-state index contributed by atoms with van der Waals surface area (Å²) in [6.07, 6.45) is 1.72. The molecule has 0 aliphatic heterocycles. The van der Waals surface area contributed by atoms with Crippen molar-refractivity contribution in [2.45, 2.75) is 0 Å². The lowest BCUT2D eigenvalue weighted by atomic mass is 10.3. The lowest BCUT2D eigenvalue weighted by Gasteiger charge is -2.03. The molecule has 0 saturated carbocycles. The van der Waals surface area contributed by atoms with Gasteiger partial charge in [-0.25, -0.2) is 0 Å². The van der Waals surface area contributed by atoms with Gasteiger partial charge in [-0.05, 0) is 12.1 Å². The van der Waals surface area contributed by atoms with Crippen LogP contribution in [0.2, 0.25) is 0 Å². The average molecular weight is 163 g/mol. The minimum Gasteiger partial charge on any atom is -0.367 e. The highest BCUT2D eigenvalue weighted by Crippen LogP contribution is 2.03. The van der Waals surface area contributed by atoms with Gasteiger partial charge in [-0.2, -0.15) is 5.10 Å². The standard InChI is InChI=1S/C9H13N3/c1-12(2)8-10-11-9-6-4-3-5-7-9/h3-8,11H,1-2H3. The topological polar surface area (TPSA) is 27.6 Å². The molecule has 1 aromatic rings. The van der Waals surface area contributed by atoms with E-state index < -0.39 is 0 Å². The van der Waals surface area contributed by atoms with Crippen LogP contribution in [0.15, 0.2) is 35.4 Å². The summed E-state index contributed by atoms with van der Waals surface area (Å²) >= 11 is 0. The Balaban J connectivity index is 2.43. The van der Waals surface area contributed by atoms with Gasteiger partial charge in [0.2, 0.25) is 0 Å². The van der Waals surface area contributed by atoms with Crippen LogP contribution in [0.4, 0.5) is 5.69 Å². The van der Waals surface area contributed by atoms with Crippen molar-refractivity contribution in [1.29, 1.82) is 0 Å². The monoisotopic (exact) mass is 163 g/mol. The fourth-order valence-electron chi connectivity index (χ4n) is 0.732. The highest BCUT2D eigenvalue weighted by molar-refractivity contribution is 5.56. The molecule has 0 radical (unpaired) electrons. The molecule has 0 saturated heterocycles. The molecule has 1 rings (SSSR count). The van der Waals surface area contributed by atoms with E-state index >= 15 is 0 Å². The molecule has 3 nitrogen and oxygen atoms in total. The van der Waals surface area contributed by atoms with E-state index in [9.17, 15) is 0 Å². The van der Waals surface area contributed by atoms with Crippen molar-refractivity contribution in [2.24, 2.45) is 5.10 Å². The van der Waals surface area contributed by atoms with Crippen molar-refractivity contribution in [2.75, 3.05) is 19.5 Å². The molecule has 0 aliphatic carbocycles. The lowest BCUT2D eigenvalue weighted by Crippen LogP contribution is -2.08. The molecule has 1 aromatic carbocycles. The number of anilines is 1. The van der Waals surface area contributed by atoms with Gasteiger partial charge in [0, 0.05) is 14.1 Å². The highest BCUT2D eigenvalue weighted by atomic mass is 15.3. The van der Waals surface area contributed by atoms with Gasteiger partial charge in [0.15, 0.2) is 0 Å². The van der Waals surface area contributed by atoms with Gasteiger partial charge < -0.3 is 4.90 Å². The number of nitrogens with one attached hydrogen (secondary N) is 1. The van der Waals surface area contributed by atoms with Gasteiger partial charge in [-0.3, -0.25) is 5.43 Å². The molecule has 0 spiro atoms. The van der Waals surface area contributed by atoms with Crippen molar-refractivity contribution >= 4 is 12.0 Å². The van der Waals surface area contributed by atoms with Crippen LogP contribution >= 0.6 is 0 Å². The van der Waals surface area contributed by atoms with E-state index in [4.69, 9.17) is 0 Å². The third-order valence-electron chi connectivity index (χ3n) is 1.26. The zero-order valence-electron chi connectivity index (χ0n) is 7.36. The summed E-state index contributed by atoms with van der Waals surface area (Å²) < 4.78 is 0. The first-order valence-electron chi connectivity index (χ1n) is 3.80. The van der Waals surface area contributed by atoms with Crippen LogP contribution in [0.1, 0.15) is 0 Å². The Morgan fingerprint density at radius 2 is 1.92 bits per heavy atom. The van der Waals surface area contributed by atoms with Crippen molar-refractivity contribution in [1.82, 2.24) is 4.90 Å². The first-order valence-corrected chi connectivity index (χ1v) is 3.80. The van der Waals surface area contributed by atoms with Gasteiger partial charge in [0.25, 0.3) is 0 Å². The van der Waals surface area contributed by atoms with Crippen LogP contribution < -0.4 is 5.43 Å². The molecule has 64 valence electrons. The Hall–Kier alpha value is -1.51. The minimum atomic E-state index is 0.996. The summed E-state index contributed by atoms with van der Waals surface area (Å²) in [4.78, 5) is 1.87. The summed E-state index contributed by atoms with van der Waals surface area (Å²) in [5, 5.41) is 3.99. The van der Waals surface area contributed by atoms with Gasteiger partial charge in [-0.15, -0.1) is 0 Å². The van der Waals surface area contributed by atoms with Gasteiger partial charge in [-0.1, -0.05) is 18.2 Å². The van der Waals surface area contributed by atoms with Gasteiger partial charge in [0.1, 0.15) is 6.34 Å². The zero-order chi connectivity index (χ0) is 8.81. The number of rotatable bonds is 3. The van der Waals surface area contributed by atoms with E-state index in [0.717, 1.165) is 5.69 Å². The summed E-state index contributed by atoms with van der Waals surface area (Å²) in [5.41, 5.74) is 3.90. The molecule has 0 amide bonds. The van der Waals surface area contributed by atoms with E-state index in [-0.39, 0.29) is 0 Å². The predicted molar refractivity (Wildman–Crippen MR) is 52.2 cm³/mol. The Bertz CT molecular complexity index is 241. The van der Waals surface area contributed by atoms with Crippen molar-refractivity contribution in [3.8, 4) is 0 Å². The minimum absolute atomic E-state index is 0.996. The Labute approximate surface area is 72.7 Å². The van der Waals surface area contributed by atoms with Gasteiger partial charge >= 0.3 is 0 Å². The lowest BCUT2D eigenvalue weighted by molar-refractivity contribution is 0.641. The fraction of sp³-hybridized carbons (Fsp3) is 0.222. The van der Waals surface area contributed by atoms with Crippen LogP contribution in [0.25, 0.3) is 0 Å². The number of para-hydroxylation sites is 1. The normalized spacial score (nSPS) is 10.2. The van der Waals surface area contributed by atoms with Crippen LogP contribution in [-0.4, -0.2) is 25.3 Å². The van der Waals surface area contributed by atoms with Crippen LogP contribution in [-0.2, 0) is 0 Å². The maximum absolute atomic E-state index is 3.99. The maximum Gasteiger partial charge on any atom is 0.111 e. The molecule has 0 heterocycles. The third-order valence-corrected chi connectivity index (χ3v) is 1.26. The molecule has 0 atom stereocenters. The van der Waals surface area contributed by atoms with E-state index in [1.165, 1.54) is 0 Å². The van der Waals surface area contributed by atoms with E-state index in [1.54, 1.807) is 6.34 Å². The molecule has 0 unspecified atom stereocenters. The second-order valence-electron chi connectivity index (χ2n) is 2.69. The first-order chi connectivity index (χ1) is 5.79. The Morgan fingerprint density at radius 1 is 1.25 bits per heavy atom. The number of nitrogens with zero attached hydrogens (tertiary/aromatic N) is 2. The highest BCUT2D eigenvalue weighted by Gasteiger charge is 1.83. The molecule has 0 aliphatic rings. The molecular formula is C9H13N3.